The molecule has 0 atom stereocenters. The number of aromatic nitrogens is 2. The average Bonchev–Trinajstić information content (AvgIpc) is 2.66. The Hall–Kier alpha value is -1.67. The van der Waals surface area contributed by atoms with Crippen molar-refractivity contribution in [1.82, 2.24) is 9.78 Å². The maximum Gasteiger partial charge on any atom is 0.284 e. The SMILES string of the molecule is N#CCCn1ncc2ccsc2c1=O. The van der Waals surface area contributed by atoms with Crippen molar-refractivity contribution in [3.05, 3.63) is 28.0 Å². The highest BCUT2D eigenvalue weighted by molar-refractivity contribution is 7.17. The Labute approximate surface area is 84.0 Å². The van der Waals surface area contributed by atoms with Crippen molar-refractivity contribution < 1.29 is 0 Å². The Balaban J connectivity index is 2.52. The van der Waals surface area contributed by atoms with Gasteiger partial charge in [0.15, 0.2) is 0 Å². The van der Waals surface area contributed by atoms with E-state index in [2.05, 4.69) is 5.10 Å². The van der Waals surface area contributed by atoms with Gasteiger partial charge in [0.05, 0.1) is 25.2 Å². The Morgan fingerprint density at radius 3 is 3.29 bits per heavy atom. The zero-order chi connectivity index (χ0) is 9.97. The van der Waals surface area contributed by atoms with Crippen molar-refractivity contribution in [2.24, 2.45) is 0 Å². The molecule has 0 radical (unpaired) electrons. The summed E-state index contributed by atoms with van der Waals surface area (Å²) in [6.07, 6.45) is 1.97. The molecule has 0 spiro atoms. The molecule has 0 saturated carbocycles. The third-order valence-corrected chi connectivity index (χ3v) is 2.81. The molecule has 0 aliphatic carbocycles. The monoisotopic (exact) mass is 205 g/mol. The van der Waals surface area contributed by atoms with E-state index in [0.29, 0.717) is 17.7 Å². The quantitative estimate of drug-likeness (QED) is 0.744. The standard InChI is InChI=1S/C9H7N3OS/c10-3-1-4-12-9(13)8-7(6-11-12)2-5-14-8/h2,5-6H,1,4H2. The van der Waals surface area contributed by atoms with Crippen molar-refractivity contribution in [2.75, 3.05) is 0 Å². The van der Waals surface area contributed by atoms with E-state index in [0.717, 1.165) is 5.39 Å². The van der Waals surface area contributed by atoms with Crippen LogP contribution in [-0.4, -0.2) is 9.78 Å². The molecular formula is C9H7N3OS. The van der Waals surface area contributed by atoms with E-state index in [-0.39, 0.29) is 5.56 Å². The van der Waals surface area contributed by atoms with Crippen molar-refractivity contribution in [3.63, 3.8) is 0 Å². The van der Waals surface area contributed by atoms with Gasteiger partial charge in [-0.05, 0) is 11.4 Å². The molecule has 2 heterocycles. The van der Waals surface area contributed by atoms with Gasteiger partial charge >= 0.3 is 0 Å². The molecular weight excluding hydrogens is 198 g/mol. The fraction of sp³-hybridized carbons (Fsp3) is 0.222. The largest absolute Gasteiger partial charge is 0.284 e. The van der Waals surface area contributed by atoms with Crippen LogP contribution in [0.1, 0.15) is 6.42 Å². The molecule has 0 saturated heterocycles. The predicted octanol–water partition coefficient (Wildman–Crippen LogP) is 1.37. The lowest BCUT2D eigenvalue weighted by atomic mass is 10.4. The van der Waals surface area contributed by atoms with E-state index in [1.807, 2.05) is 17.5 Å². The van der Waals surface area contributed by atoms with Crippen LogP contribution in [0.3, 0.4) is 0 Å². The van der Waals surface area contributed by atoms with Gasteiger partial charge in [-0.3, -0.25) is 4.79 Å². The van der Waals surface area contributed by atoms with E-state index in [4.69, 9.17) is 5.26 Å². The Morgan fingerprint density at radius 1 is 1.64 bits per heavy atom. The minimum Gasteiger partial charge on any atom is -0.266 e. The Kier molecular flexibility index (Phi) is 2.29. The third kappa shape index (κ3) is 1.40. The lowest BCUT2D eigenvalue weighted by Gasteiger charge is -1.99. The summed E-state index contributed by atoms with van der Waals surface area (Å²) in [5, 5.41) is 15.1. The number of thiophene rings is 1. The highest BCUT2D eigenvalue weighted by Crippen LogP contribution is 2.14. The summed E-state index contributed by atoms with van der Waals surface area (Å²) in [4.78, 5) is 11.7. The molecule has 0 aromatic carbocycles. The number of hydrogen-bond acceptors (Lipinski definition) is 4. The summed E-state index contributed by atoms with van der Waals surface area (Å²) in [7, 11) is 0. The molecule has 0 aliphatic rings. The van der Waals surface area contributed by atoms with Gasteiger partial charge in [0.2, 0.25) is 0 Å². The van der Waals surface area contributed by atoms with Gasteiger partial charge in [0.25, 0.3) is 5.56 Å². The number of nitrogens with zero attached hydrogens (tertiary/aromatic N) is 3. The van der Waals surface area contributed by atoms with Crippen LogP contribution in [0.5, 0.6) is 0 Å². The predicted molar refractivity (Wildman–Crippen MR) is 54.1 cm³/mol. The number of rotatable bonds is 2. The number of hydrogen-bond donors (Lipinski definition) is 0. The summed E-state index contributed by atoms with van der Waals surface area (Å²) < 4.78 is 2.04. The molecule has 0 N–H and O–H groups in total. The average molecular weight is 205 g/mol. The van der Waals surface area contributed by atoms with Crippen molar-refractivity contribution >= 4 is 21.4 Å². The van der Waals surface area contributed by atoms with Crippen molar-refractivity contribution in [1.29, 1.82) is 5.26 Å². The third-order valence-electron chi connectivity index (χ3n) is 1.90. The maximum atomic E-state index is 11.7. The first-order chi connectivity index (χ1) is 6.83. The lowest BCUT2D eigenvalue weighted by molar-refractivity contribution is 0.596. The van der Waals surface area contributed by atoms with Crippen LogP contribution in [-0.2, 0) is 6.54 Å². The number of aryl methyl sites for hydroxylation is 1. The van der Waals surface area contributed by atoms with Gasteiger partial charge in [0.1, 0.15) is 4.70 Å². The highest BCUT2D eigenvalue weighted by Gasteiger charge is 2.03. The maximum absolute atomic E-state index is 11.7. The minimum atomic E-state index is -0.104. The first kappa shape index (κ1) is 8.91. The second-order valence-electron chi connectivity index (χ2n) is 2.79. The first-order valence-electron chi connectivity index (χ1n) is 4.13. The normalized spacial score (nSPS) is 10.2. The lowest BCUT2D eigenvalue weighted by Crippen LogP contribution is -2.21. The minimum absolute atomic E-state index is 0.104. The fourth-order valence-electron chi connectivity index (χ4n) is 1.21. The van der Waals surface area contributed by atoms with Crippen LogP contribution in [0, 0.1) is 11.3 Å². The van der Waals surface area contributed by atoms with Gasteiger partial charge < -0.3 is 0 Å². The number of fused-ring (bicyclic) bond motifs is 1. The van der Waals surface area contributed by atoms with E-state index in [1.54, 1.807) is 6.20 Å². The molecule has 2 rings (SSSR count). The summed E-state index contributed by atoms with van der Waals surface area (Å²) in [6.45, 7) is 0.364. The molecule has 2 aromatic rings. The molecule has 70 valence electrons. The molecule has 0 aliphatic heterocycles. The molecule has 2 aromatic heterocycles. The molecule has 0 fully saturated rings. The topological polar surface area (TPSA) is 58.7 Å². The Morgan fingerprint density at radius 2 is 2.50 bits per heavy atom. The van der Waals surface area contributed by atoms with Crippen molar-refractivity contribution in [2.45, 2.75) is 13.0 Å². The summed E-state index contributed by atoms with van der Waals surface area (Å²) in [6, 6.07) is 3.85. The summed E-state index contributed by atoms with van der Waals surface area (Å²) in [5.41, 5.74) is -0.104. The molecule has 0 amide bonds. The second kappa shape index (κ2) is 3.60. The van der Waals surface area contributed by atoms with Crippen LogP contribution in [0.2, 0.25) is 0 Å². The van der Waals surface area contributed by atoms with Crippen LogP contribution in [0.4, 0.5) is 0 Å². The molecule has 14 heavy (non-hydrogen) atoms. The van der Waals surface area contributed by atoms with Crippen LogP contribution in [0.25, 0.3) is 10.1 Å². The zero-order valence-corrected chi connectivity index (χ0v) is 8.12. The second-order valence-corrected chi connectivity index (χ2v) is 3.70. The van der Waals surface area contributed by atoms with E-state index >= 15 is 0 Å². The smallest absolute Gasteiger partial charge is 0.266 e. The zero-order valence-electron chi connectivity index (χ0n) is 7.30. The van der Waals surface area contributed by atoms with Crippen LogP contribution >= 0.6 is 11.3 Å². The highest BCUT2D eigenvalue weighted by atomic mass is 32.1. The van der Waals surface area contributed by atoms with E-state index in [9.17, 15) is 4.79 Å². The molecule has 5 heteroatoms. The molecule has 0 unspecified atom stereocenters. The Bertz CT molecular complexity index is 549. The van der Waals surface area contributed by atoms with Crippen molar-refractivity contribution in [3.8, 4) is 6.07 Å². The van der Waals surface area contributed by atoms with Gasteiger partial charge in [0, 0.05) is 5.39 Å². The fourth-order valence-corrected chi connectivity index (χ4v) is 2.03. The summed E-state index contributed by atoms with van der Waals surface area (Å²) in [5.74, 6) is 0. The van der Waals surface area contributed by atoms with Crippen LogP contribution in [0.15, 0.2) is 22.4 Å². The van der Waals surface area contributed by atoms with E-state index < -0.39 is 0 Å². The van der Waals surface area contributed by atoms with Gasteiger partial charge in [-0.15, -0.1) is 11.3 Å². The van der Waals surface area contributed by atoms with Gasteiger partial charge in [-0.1, -0.05) is 0 Å². The van der Waals surface area contributed by atoms with Crippen LogP contribution < -0.4 is 5.56 Å². The number of nitriles is 1. The molecule has 0 bridgehead atoms. The van der Waals surface area contributed by atoms with E-state index in [1.165, 1.54) is 16.0 Å². The summed E-state index contributed by atoms with van der Waals surface area (Å²) >= 11 is 1.41. The van der Waals surface area contributed by atoms with Gasteiger partial charge in [-0.2, -0.15) is 10.4 Å². The first-order valence-corrected chi connectivity index (χ1v) is 5.01. The molecule has 4 nitrogen and oxygen atoms in total. The van der Waals surface area contributed by atoms with Gasteiger partial charge in [-0.25, -0.2) is 4.68 Å².